The first kappa shape index (κ1) is 20.9. The Morgan fingerprint density at radius 2 is 2.17 bits per heavy atom. The standard InChI is InChI=1S/C20H31N7O2/c1-13(2)18-25-16-7-6-15(12-27(16)26-18)24-20(21-4)23-10-5-9-22-19(28)17-14(3)8-11-29-17/h8,11,13,15H,5-7,9-10,12H2,1-4H3,(H,22,28)(H2,21,23,24). The number of hydrogen-bond donors (Lipinski definition) is 3. The van der Waals surface area contributed by atoms with E-state index in [4.69, 9.17) is 4.42 Å². The average Bonchev–Trinajstić information content (AvgIpc) is 3.32. The smallest absolute Gasteiger partial charge is 0.287 e. The van der Waals surface area contributed by atoms with Gasteiger partial charge in [0.25, 0.3) is 5.91 Å². The van der Waals surface area contributed by atoms with E-state index in [0.29, 0.717) is 24.8 Å². The van der Waals surface area contributed by atoms with Gasteiger partial charge in [-0.1, -0.05) is 13.8 Å². The van der Waals surface area contributed by atoms with E-state index in [9.17, 15) is 4.79 Å². The summed E-state index contributed by atoms with van der Waals surface area (Å²) in [5.41, 5.74) is 0.841. The summed E-state index contributed by atoms with van der Waals surface area (Å²) >= 11 is 0. The van der Waals surface area contributed by atoms with Gasteiger partial charge in [0.15, 0.2) is 17.5 Å². The Bertz CT molecular complexity index is 853. The SMILES string of the molecule is CN=C(NCCCNC(=O)c1occc1C)NC1CCc2nc(C(C)C)nn2C1. The van der Waals surface area contributed by atoms with E-state index >= 15 is 0 Å². The number of carbonyl (C=O) groups excluding carboxylic acids is 1. The van der Waals surface area contributed by atoms with Crippen LogP contribution in [0.3, 0.4) is 0 Å². The maximum atomic E-state index is 12.0. The van der Waals surface area contributed by atoms with Gasteiger partial charge in [-0.25, -0.2) is 9.67 Å². The lowest BCUT2D eigenvalue weighted by molar-refractivity contribution is 0.0925. The molecule has 0 saturated heterocycles. The van der Waals surface area contributed by atoms with Crippen LogP contribution in [0.2, 0.25) is 0 Å². The summed E-state index contributed by atoms with van der Waals surface area (Å²) in [6.07, 6.45) is 4.21. The highest BCUT2D eigenvalue weighted by Gasteiger charge is 2.23. The summed E-state index contributed by atoms with van der Waals surface area (Å²) < 4.78 is 7.20. The number of fused-ring (bicyclic) bond motifs is 1. The van der Waals surface area contributed by atoms with Crippen molar-refractivity contribution >= 4 is 11.9 Å². The minimum absolute atomic E-state index is 0.179. The zero-order valence-electron chi connectivity index (χ0n) is 17.7. The zero-order valence-corrected chi connectivity index (χ0v) is 17.7. The number of guanidine groups is 1. The van der Waals surface area contributed by atoms with Crippen molar-refractivity contribution in [2.75, 3.05) is 20.1 Å². The number of hydrogen-bond acceptors (Lipinski definition) is 5. The lowest BCUT2D eigenvalue weighted by Gasteiger charge is -2.25. The second-order valence-electron chi connectivity index (χ2n) is 7.64. The molecular weight excluding hydrogens is 370 g/mol. The van der Waals surface area contributed by atoms with Gasteiger partial charge in [0.1, 0.15) is 5.82 Å². The van der Waals surface area contributed by atoms with Crippen LogP contribution in [0.4, 0.5) is 0 Å². The molecule has 0 fully saturated rings. The molecule has 9 nitrogen and oxygen atoms in total. The molecule has 2 aromatic heterocycles. The van der Waals surface area contributed by atoms with E-state index in [1.54, 1.807) is 13.1 Å². The predicted octanol–water partition coefficient (Wildman–Crippen LogP) is 1.60. The predicted molar refractivity (Wildman–Crippen MR) is 111 cm³/mol. The largest absolute Gasteiger partial charge is 0.459 e. The van der Waals surface area contributed by atoms with Gasteiger partial charge in [-0.05, 0) is 25.8 Å². The van der Waals surface area contributed by atoms with Gasteiger partial charge in [-0.3, -0.25) is 9.79 Å². The van der Waals surface area contributed by atoms with Gasteiger partial charge >= 0.3 is 0 Å². The van der Waals surface area contributed by atoms with Crippen LogP contribution in [0.1, 0.15) is 60.4 Å². The fraction of sp³-hybridized carbons (Fsp3) is 0.600. The second-order valence-corrected chi connectivity index (χ2v) is 7.64. The molecule has 3 N–H and O–H groups in total. The highest BCUT2D eigenvalue weighted by atomic mass is 16.3. The Balaban J connectivity index is 1.38. The van der Waals surface area contributed by atoms with Gasteiger partial charge in [0.2, 0.25) is 0 Å². The Hall–Kier alpha value is -2.84. The van der Waals surface area contributed by atoms with Gasteiger partial charge in [-0.2, -0.15) is 5.10 Å². The fourth-order valence-corrected chi connectivity index (χ4v) is 3.26. The van der Waals surface area contributed by atoms with Crippen LogP contribution >= 0.6 is 0 Å². The Morgan fingerprint density at radius 1 is 1.38 bits per heavy atom. The number of rotatable bonds is 7. The number of aliphatic imine (C=N–C) groups is 1. The molecule has 1 amide bonds. The number of nitrogens with one attached hydrogen (secondary N) is 3. The lowest BCUT2D eigenvalue weighted by Crippen LogP contribution is -2.47. The molecule has 0 aliphatic carbocycles. The van der Waals surface area contributed by atoms with E-state index in [1.807, 2.05) is 11.6 Å². The van der Waals surface area contributed by atoms with Crippen LogP contribution < -0.4 is 16.0 Å². The van der Waals surface area contributed by atoms with Crippen molar-refractivity contribution in [2.45, 2.75) is 58.5 Å². The number of aryl methyl sites for hydroxylation is 2. The summed E-state index contributed by atoms with van der Waals surface area (Å²) in [5, 5.41) is 14.3. The minimum Gasteiger partial charge on any atom is -0.459 e. The first-order valence-electron chi connectivity index (χ1n) is 10.2. The molecule has 0 aromatic carbocycles. The Labute approximate surface area is 171 Å². The molecule has 1 atom stereocenters. The number of furan rings is 1. The molecule has 9 heteroatoms. The molecule has 1 aliphatic heterocycles. The molecular formula is C20H31N7O2. The molecule has 158 valence electrons. The third-order valence-corrected chi connectivity index (χ3v) is 4.96. The molecule has 3 rings (SSSR count). The van der Waals surface area contributed by atoms with Gasteiger partial charge in [0.05, 0.1) is 12.8 Å². The number of nitrogens with zero attached hydrogens (tertiary/aromatic N) is 4. The molecule has 0 spiro atoms. The third kappa shape index (κ3) is 5.36. The lowest BCUT2D eigenvalue weighted by atomic mass is 10.1. The summed E-state index contributed by atoms with van der Waals surface area (Å²) in [7, 11) is 1.76. The molecule has 0 bridgehead atoms. The van der Waals surface area contributed by atoms with E-state index in [-0.39, 0.29) is 11.9 Å². The summed E-state index contributed by atoms with van der Waals surface area (Å²) in [6.45, 7) is 8.13. The average molecular weight is 402 g/mol. The number of aromatic nitrogens is 3. The van der Waals surface area contributed by atoms with E-state index < -0.39 is 0 Å². The normalized spacial score (nSPS) is 16.6. The quantitative estimate of drug-likeness (QED) is 0.369. The van der Waals surface area contributed by atoms with Crippen LogP contribution in [-0.2, 0) is 13.0 Å². The molecule has 0 saturated carbocycles. The number of carbonyl (C=O) groups is 1. The topological polar surface area (TPSA) is 109 Å². The summed E-state index contributed by atoms with van der Waals surface area (Å²) in [5.74, 6) is 3.27. The van der Waals surface area contributed by atoms with Crippen molar-refractivity contribution in [1.82, 2.24) is 30.7 Å². The van der Waals surface area contributed by atoms with E-state index in [0.717, 1.165) is 49.0 Å². The Morgan fingerprint density at radius 3 is 2.86 bits per heavy atom. The summed E-state index contributed by atoms with van der Waals surface area (Å²) in [6, 6.07) is 2.04. The van der Waals surface area contributed by atoms with Crippen LogP contribution in [0.5, 0.6) is 0 Å². The van der Waals surface area contributed by atoms with Crippen molar-refractivity contribution in [3.05, 3.63) is 35.3 Å². The molecule has 0 radical (unpaired) electrons. The molecule has 1 aliphatic rings. The highest BCUT2D eigenvalue weighted by Crippen LogP contribution is 2.16. The Kier molecular flexibility index (Phi) is 6.90. The third-order valence-electron chi connectivity index (χ3n) is 4.96. The summed E-state index contributed by atoms with van der Waals surface area (Å²) in [4.78, 5) is 20.9. The maximum absolute atomic E-state index is 12.0. The van der Waals surface area contributed by atoms with Gasteiger partial charge in [-0.15, -0.1) is 0 Å². The first-order chi connectivity index (χ1) is 14.0. The van der Waals surface area contributed by atoms with Crippen molar-refractivity contribution in [3.8, 4) is 0 Å². The monoisotopic (exact) mass is 401 g/mol. The van der Waals surface area contributed by atoms with Crippen molar-refractivity contribution in [3.63, 3.8) is 0 Å². The van der Waals surface area contributed by atoms with Crippen LogP contribution in [0.25, 0.3) is 0 Å². The first-order valence-corrected chi connectivity index (χ1v) is 10.2. The van der Waals surface area contributed by atoms with Crippen LogP contribution in [0, 0.1) is 6.92 Å². The molecule has 3 heterocycles. The van der Waals surface area contributed by atoms with Gasteiger partial charge in [0, 0.05) is 44.1 Å². The number of amides is 1. The second kappa shape index (κ2) is 9.58. The highest BCUT2D eigenvalue weighted by molar-refractivity contribution is 5.92. The van der Waals surface area contributed by atoms with Crippen molar-refractivity contribution < 1.29 is 9.21 Å². The van der Waals surface area contributed by atoms with E-state index in [1.165, 1.54) is 6.26 Å². The van der Waals surface area contributed by atoms with E-state index in [2.05, 4.69) is 44.9 Å². The molecule has 2 aromatic rings. The van der Waals surface area contributed by atoms with Crippen molar-refractivity contribution in [1.29, 1.82) is 0 Å². The minimum atomic E-state index is -0.179. The molecule has 1 unspecified atom stereocenters. The fourth-order valence-electron chi connectivity index (χ4n) is 3.26. The maximum Gasteiger partial charge on any atom is 0.287 e. The van der Waals surface area contributed by atoms with Crippen LogP contribution in [-0.4, -0.2) is 52.8 Å². The van der Waals surface area contributed by atoms with Crippen molar-refractivity contribution in [2.24, 2.45) is 4.99 Å². The van der Waals surface area contributed by atoms with Crippen LogP contribution in [0.15, 0.2) is 21.7 Å². The zero-order chi connectivity index (χ0) is 20.8. The van der Waals surface area contributed by atoms with Gasteiger partial charge < -0.3 is 20.4 Å². The molecule has 29 heavy (non-hydrogen) atoms.